The van der Waals surface area contributed by atoms with Crippen molar-refractivity contribution in [3.8, 4) is 0 Å². The van der Waals surface area contributed by atoms with Crippen LogP contribution in [0.15, 0.2) is 24.3 Å². The van der Waals surface area contributed by atoms with Crippen LogP contribution < -0.4 is 11.5 Å². The molecule has 0 spiro atoms. The molecule has 0 saturated carbocycles. The maximum atomic E-state index is 11.9. The average molecular weight is 250 g/mol. The Balaban J connectivity index is 2.80. The molecule has 18 heavy (non-hydrogen) atoms. The quantitative estimate of drug-likeness (QED) is 0.794. The van der Waals surface area contributed by atoms with E-state index in [9.17, 15) is 4.79 Å². The second-order valence-corrected chi connectivity index (χ2v) is 5.29. The zero-order valence-corrected chi connectivity index (χ0v) is 11.3. The molecule has 0 radical (unpaired) electrons. The van der Waals surface area contributed by atoms with Gasteiger partial charge in [-0.15, -0.1) is 0 Å². The van der Waals surface area contributed by atoms with Crippen LogP contribution in [0, 0.1) is 0 Å². The van der Waals surface area contributed by atoms with E-state index in [4.69, 9.17) is 16.2 Å². The van der Waals surface area contributed by atoms with Crippen LogP contribution in [0.2, 0.25) is 0 Å². The molecule has 1 aromatic rings. The van der Waals surface area contributed by atoms with Gasteiger partial charge in [0, 0.05) is 0 Å². The summed E-state index contributed by atoms with van der Waals surface area (Å²) in [6, 6.07) is 6.83. The fourth-order valence-corrected chi connectivity index (χ4v) is 1.61. The third-order valence-electron chi connectivity index (χ3n) is 2.40. The predicted molar refractivity (Wildman–Crippen MR) is 72.0 cm³/mol. The van der Waals surface area contributed by atoms with E-state index in [2.05, 4.69) is 0 Å². The lowest BCUT2D eigenvalue weighted by Crippen LogP contribution is -2.31. The number of ether oxygens (including phenoxy) is 1. The maximum absolute atomic E-state index is 11.9. The summed E-state index contributed by atoms with van der Waals surface area (Å²) >= 11 is 0. The number of nitrogens with two attached hydrogens (primary N) is 2. The second kappa shape index (κ2) is 5.98. The fourth-order valence-electron chi connectivity index (χ4n) is 1.61. The van der Waals surface area contributed by atoms with Gasteiger partial charge in [-0.2, -0.15) is 0 Å². The van der Waals surface area contributed by atoms with E-state index in [1.165, 1.54) is 0 Å². The molecular formula is C14H22N2O2. The molecule has 0 saturated heterocycles. The van der Waals surface area contributed by atoms with Crippen molar-refractivity contribution in [3.05, 3.63) is 35.4 Å². The van der Waals surface area contributed by atoms with Gasteiger partial charge in [-0.25, -0.2) is 4.79 Å². The topological polar surface area (TPSA) is 78.3 Å². The SMILES string of the molecule is CC(C)(C)OC(=O)C(N)c1cccc(CCN)c1. The third kappa shape index (κ3) is 4.47. The molecule has 0 heterocycles. The smallest absolute Gasteiger partial charge is 0.328 e. The number of hydrogen-bond donors (Lipinski definition) is 2. The Morgan fingerprint density at radius 1 is 1.39 bits per heavy atom. The first-order valence-corrected chi connectivity index (χ1v) is 6.11. The molecule has 100 valence electrons. The Kier molecular flexibility index (Phi) is 4.87. The van der Waals surface area contributed by atoms with Crippen molar-refractivity contribution in [1.29, 1.82) is 0 Å². The molecule has 1 atom stereocenters. The summed E-state index contributed by atoms with van der Waals surface area (Å²) in [6.07, 6.45) is 0.773. The van der Waals surface area contributed by atoms with E-state index in [0.717, 1.165) is 17.5 Å². The first kappa shape index (κ1) is 14.7. The highest BCUT2D eigenvalue weighted by molar-refractivity contribution is 5.77. The van der Waals surface area contributed by atoms with Crippen LogP contribution in [0.1, 0.15) is 37.9 Å². The number of benzene rings is 1. The lowest BCUT2D eigenvalue weighted by atomic mass is 10.0. The molecule has 4 nitrogen and oxygen atoms in total. The van der Waals surface area contributed by atoms with Gasteiger partial charge in [0.2, 0.25) is 0 Å². The van der Waals surface area contributed by atoms with E-state index in [-0.39, 0.29) is 0 Å². The van der Waals surface area contributed by atoms with Gasteiger partial charge in [-0.3, -0.25) is 0 Å². The van der Waals surface area contributed by atoms with Crippen molar-refractivity contribution in [1.82, 2.24) is 0 Å². The average Bonchev–Trinajstić information content (AvgIpc) is 2.26. The predicted octanol–water partition coefficient (Wildman–Crippen LogP) is 1.53. The number of carbonyl (C=O) groups is 1. The lowest BCUT2D eigenvalue weighted by Gasteiger charge is -2.22. The van der Waals surface area contributed by atoms with Crippen LogP contribution in [0.5, 0.6) is 0 Å². The molecule has 1 unspecified atom stereocenters. The third-order valence-corrected chi connectivity index (χ3v) is 2.40. The van der Waals surface area contributed by atoms with Crippen LogP contribution >= 0.6 is 0 Å². The van der Waals surface area contributed by atoms with Crippen LogP contribution in [-0.4, -0.2) is 18.1 Å². The monoisotopic (exact) mass is 250 g/mol. The molecule has 0 amide bonds. The van der Waals surface area contributed by atoms with Crippen LogP contribution in [0.25, 0.3) is 0 Å². The molecular weight excluding hydrogens is 228 g/mol. The van der Waals surface area contributed by atoms with Crippen LogP contribution in [0.3, 0.4) is 0 Å². The van der Waals surface area contributed by atoms with E-state index < -0.39 is 17.6 Å². The van der Waals surface area contributed by atoms with Gasteiger partial charge >= 0.3 is 5.97 Å². The van der Waals surface area contributed by atoms with Crippen LogP contribution in [-0.2, 0) is 16.0 Å². The molecule has 4 heteroatoms. The van der Waals surface area contributed by atoms with Crippen molar-refractivity contribution < 1.29 is 9.53 Å². The van der Waals surface area contributed by atoms with Crippen LogP contribution in [0.4, 0.5) is 0 Å². The largest absolute Gasteiger partial charge is 0.459 e. The normalized spacial score (nSPS) is 13.2. The summed E-state index contributed by atoms with van der Waals surface area (Å²) < 4.78 is 5.27. The Morgan fingerprint density at radius 3 is 2.61 bits per heavy atom. The van der Waals surface area contributed by atoms with E-state index in [1.54, 1.807) is 0 Å². The van der Waals surface area contributed by atoms with Gasteiger partial charge in [0.1, 0.15) is 11.6 Å². The molecule has 0 fully saturated rings. The molecule has 1 rings (SSSR count). The molecule has 4 N–H and O–H groups in total. The summed E-state index contributed by atoms with van der Waals surface area (Å²) in [7, 11) is 0. The summed E-state index contributed by atoms with van der Waals surface area (Å²) in [4.78, 5) is 11.9. The van der Waals surface area contributed by atoms with Crippen molar-refractivity contribution in [2.75, 3.05) is 6.54 Å². The Bertz CT molecular complexity index is 411. The fraction of sp³-hybridized carbons (Fsp3) is 0.500. The molecule has 0 aliphatic rings. The summed E-state index contributed by atoms with van der Waals surface area (Å²) in [5.41, 5.74) is 12.7. The minimum Gasteiger partial charge on any atom is -0.459 e. The Morgan fingerprint density at radius 2 is 2.06 bits per heavy atom. The maximum Gasteiger partial charge on any atom is 0.328 e. The number of esters is 1. The Labute approximate surface area is 108 Å². The van der Waals surface area contributed by atoms with Crippen molar-refractivity contribution >= 4 is 5.97 Å². The van der Waals surface area contributed by atoms with E-state index in [1.807, 2.05) is 45.0 Å². The summed E-state index contributed by atoms with van der Waals surface area (Å²) in [6.45, 7) is 6.04. The highest BCUT2D eigenvalue weighted by atomic mass is 16.6. The van der Waals surface area contributed by atoms with E-state index >= 15 is 0 Å². The van der Waals surface area contributed by atoms with E-state index in [0.29, 0.717) is 6.54 Å². The number of carbonyl (C=O) groups excluding carboxylic acids is 1. The molecule has 0 bridgehead atoms. The van der Waals surface area contributed by atoms with Gasteiger partial charge in [0.15, 0.2) is 0 Å². The van der Waals surface area contributed by atoms with Gasteiger partial charge in [0.25, 0.3) is 0 Å². The standard InChI is InChI=1S/C14H22N2O2/c1-14(2,3)18-13(17)12(16)11-6-4-5-10(9-11)7-8-15/h4-6,9,12H,7-8,15-16H2,1-3H3. The van der Waals surface area contributed by atoms with Gasteiger partial charge in [0.05, 0.1) is 0 Å². The number of rotatable bonds is 4. The first-order valence-electron chi connectivity index (χ1n) is 6.11. The summed E-state index contributed by atoms with van der Waals surface area (Å²) in [5.74, 6) is -0.410. The second-order valence-electron chi connectivity index (χ2n) is 5.29. The molecule has 0 aromatic heterocycles. The Hall–Kier alpha value is -1.39. The zero-order chi connectivity index (χ0) is 13.8. The van der Waals surface area contributed by atoms with Crippen molar-refractivity contribution in [2.45, 2.75) is 38.8 Å². The summed E-state index contributed by atoms with van der Waals surface area (Å²) in [5, 5.41) is 0. The minimum atomic E-state index is -0.748. The highest BCUT2D eigenvalue weighted by Crippen LogP contribution is 2.17. The minimum absolute atomic E-state index is 0.410. The zero-order valence-electron chi connectivity index (χ0n) is 11.3. The van der Waals surface area contributed by atoms with Crippen molar-refractivity contribution in [2.24, 2.45) is 11.5 Å². The van der Waals surface area contributed by atoms with Gasteiger partial charge in [-0.05, 0) is 44.9 Å². The number of hydrogen-bond acceptors (Lipinski definition) is 4. The van der Waals surface area contributed by atoms with Gasteiger partial charge in [-0.1, -0.05) is 24.3 Å². The molecule has 0 aliphatic heterocycles. The lowest BCUT2D eigenvalue weighted by molar-refractivity contribution is -0.156. The highest BCUT2D eigenvalue weighted by Gasteiger charge is 2.23. The van der Waals surface area contributed by atoms with Crippen molar-refractivity contribution in [3.63, 3.8) is 0 Å². The molecule has 0 aliphatic carbocycles. The van der Waals surface area contributed by atoms with Gasteiger partial charge < -0.3 is 16.2 Å². The molecule has 1 aromatic carbocycles. The first-order chi connectivity index (χ1) is 8.33.